The number of methoxy groups -OCH3 is 1. The molecule has 0 spiro atoms. The van der Waals surface area contributed by atoms with Gasteiger partial charge in [-0.2, -0.15) is 0 Å². The molecule has 1 aromatic carbocycles. The van der Waals surface area contributed by atoms with Gasteiger partial charge in [0, 0.05) is 25.8 Å². The SMILES string of the molecule is CCN(CC)C(=O)c1cc(OCOC)ccc1C. The molecule has 0 aliphatic rings. The van der Waals surface area contributed by atoms with Gasteiger partial charge in [-0.05, 0) is 38.5 Å². The van der Waals surface area contributed by atoms with Gasteiger partial charge in [0.1, 0.15) is 5.75 Å². The summed E-state index contributed by atoms with van der Waals surface area (Å²) >= 11 is 0. The smallest absolute Gasteiger partial charge is 0.254 e. The molecular weight excluding hydrogens is 230 g/mol. The van der Waals surface area contributed by atoms with E-state index in [-0.39, 0.29) is 12.7 Å². The molecule has 0 unspecified atom stereocenters. The van der Waals surface area contributed by atoms with Crippen LogP contribution in [-0.2, 0) is 4.74 Å². The molecule has 0 heterocycles. The predicted molar refractivity (Wildman–Crippen MR) is 70.9 cm³/mol. The van der Waals surface area contributed by atoms with Gasteiger partial charge in [0.25, 0.3) is 5.91 Å². The Bertz CT molecular complexity index is 400. The summed E-state index contributed by atoms with van der Waals surface area (Å²) in [5.41, 5.74) is 1.64. The third kappa shape index (κ3) is 3.47. The largest absolute Gasteiger partial charge is 0.468 e. The lowest BCUT2D eigenvalue weighted by Crippen LogP contribution is -2.31. The maximum absolute atomic E-state index is 12.3. The number of carbonyl (C=O) groups excluding carboxylic acids is 1. The van der Waals surface area contributed by atoms with E-state index in [1.165, 1.54) is 0 Å². The van der Waals surface area contributed by atoms with Crippen molar-refractivity contribution in [3.05, 3.63) is 29.3 Å². The fraction of sp³-hybridized carbons (Fsp3) is 0.500. The molecule has 100 valence electrons. The van der Waals surface area contributed by atoms with Gasteiger partial charge in [0.2, 0.25) is 0 Å². The molecule has 0 atom stereocenters. The summed E-state index contributed by atoms with van der Waals surface area (Å²) < 4.78 is 10.2. The van der Waals surface area contributed by atoms with E-state index in [1.807, 2.05) is 32.9 Å². The Morgan fingerprint density at radius 3 is 2.50 bits per heavy atom. The molecule has 4 nitrogen and oxygen atoms in total. The molecule has 1 aromatic rings. The zero-order chi connectivity index (χ0) is 13.5. The van der Waals surface area contributed by atoms with Crippen molar-refractivity contribution in [2.45, 2.75) is 20.8 Å². The predicted octanol–water partition coefficient (Wildman–Crippen LogP) is 2.46. The van der Waals surface area contributed by atoms with Crippen molar-refractivity contribution in [3.8, 4) is 5.75 Å². The molecule has 0 bridgehead atoms. The Morgan fingerprint density at radius 2 is 1.94 bits per heavy atom. The molecular formula is C14H21NO3. The van der Waals surface area contributed by atoms with Gasteiger partial charge in [-0.25, -0.2) is 0 Å². The zero-order valence-electron chi connectivity index (χ0n) is 11.5. The topological polar surface area (TPSA) is 38.8 Å². The molecule has 0 aromatic heterocycles. The maximum atomic E-state index is 12.3. The normalized spacial score (nSPS) is 10.2. The van der Waals surface area contributed by atoms with E-state index in [4.69, 9.17) is 9.47 Å². The van der Waals surface area contributed by atoms with Crippen molar-refractivity contribution in [2.24, 2.45) is 0 Å². The second-order valence-electron chi connectivity index (χ2n) is 4.01. The van der Waals surface area contributed by atoms with Crippen molar-refractivity contribution < 1.29 is 14.3 Å². The van der Waals surface area contributed by atoms with Crippen LogP contribution in [0.3, 0.4) is 0 Å². The minimum Gasteiger partial charge on any atom is -0.468 e. The van der Waals surface area contributed by atoms with Crippen LogP contribution >= 0.6 is 0 Å². The van der Waals surface area contributed by atoms with Crippen LogP contribution < -0.4 is 4.74 Å². The monoisotopic (exact) mass is 251 g/mol. The van der Waals surface area contributed by atoms with E-state index >= 15 is 0 Å². The van der Waals surface area contributed by atoms with Gasteiger partial charge < -0.3 is 14.4 Å². The minimum absolute atomic E-state index is 0.0420. The van der Waals surface area contributed by atoms with Crippen LogP contribution in [0.25, 0.3) is 0 Å². The highest BCUT2D eigenvalue weighted by molar-refractivity contribution is 5.96. The van der Waals surface area contributed by atoms with Crippen LogP contribution in [0.4, 0.5) is 0 Å². The molecule has 0 N–H and O–H groups in total. The van der Waals surface area contributed by atoms with E-state index in [0.717, 1.165) is 5.56 Å². The van der Waals surface area contributed by atoms with Crippen molar-refractivity contribution in [1.82, 2.24) is 4.90 Å². The number of hydrogen-bond donors (Lipinski definition) is 0. The second kappa shape index (κ2) is 7.01. The average Bonchev–Trinajstić information content (AvgIpc) is 2.39. The van der Waals surface area contributed by atoms with Gasteiger partial charge in [-0.3, -0.25) is 4.79 Å². The summed E-state index contributed by atoms with van der Waals surface area (Å²) in [6.45, 7) is 7.47. The third-order valence-electron chi connectivity index (χ3n) is 2.83. The minimum atomic E-state index is 0.0420. The summed E-state index contributed by atoms with van der Waals surface area (Å²) in [6, 6.07) is 5.50. The summed E-state index contributed by atoms with van der Waals surface area (Å²) in [4.78, 5) is 14.1. The molecule has 0 saturated carbocycles. The van der Waals surface area contributed by atoms with Crippen LogP contribution in [0.5, 0.6) is 5.75 Å². The average molecular weight is 251 g/mol. The number of amides is 1. The Morgan fingerprint density at radius 1 is 1.28 bits per heavy atom. The fourth-order valence-corrected chi connectivity index (χ4v) is 1.73. The van der Waals surface area contributed by atoms with Crippen molar-refractivity contribution >= 4 is 5.91 Å². The van der Waals surface area contributed by atoms with Crippen LogP contribution in [-0.4, -0.2) is 37.8 Å². The molecule has 1 amide bonds. The lowest BCUT2D eigenvalue weighted by atomic mass is 10.1. The Hall–Kier alpha value is -1.55. The van der Waals surface area contributed by atoms with Gasteiger partial charge in [-0.15, -0.1) is 0 Å². The van der Waals surface area contributed by atoms with E-state index in [9.17, 15) is 4.79 Å². The molecule has 0 aliphatic carbocycles. The van der Waals surface area contributed by atoms with Gasteiger partial charge in [0.15, 0.2) is 6.79 Å². The van der Waals surface area contributed by atoms with E-state index in [0.29, 0.717) is 24.4 Å². The summed E-state index contributed by atoms with van der Waals surface area (Å²) in [6.07, 6.45) is 0. The fourth-order valence-electron chi connectivity index (χ4n) is 1.73. The van der Waals surface area contributed by atoms with E-state index in [1.54, 1.807) is 18.1 Å². The van der Waals surface area contributed by atoms with Gasteiger partial charge in [0.05, 0.1) is 0 Å². The standard InChI is InChI=1S/C14H21NO3/c1-5-15(6-2)14(16)13-9-12(18-10-17-4)8-7-11(13)3/h7-9H,5-6,10H2,1-4H3. The number of benzene rings is 1. The number of nitrogens with zero attached hydrogens (tertiary/aromatic N) is 1. The first-order valence-electron chi connectivity index (χ1n) is 6.15. The highest BCUT2D eigenvalue weighted by Gasteiger charge is 2.15. The van der Waals surface area contributed by atoms with Crippen molar-refractivity contribution in [2.75, 3.05) is 27.0 Å². The second-order valence-corrected chi connectivity index (χ2v) is 4.01. The lowest BCUT2D eigenvalue weighted by molar-refractivity contribution is 0.0509. The van der Waals surface area contributed by atoms with Crippen LogP contribution in [0.1, 0.15) is 29.8 Å². The number of carbonyl (C=O) groups is 1. The number of hydrogen-bond acceptors (Lipinski definition) is 3. The summed E-state index contributed by atoms with van der Waals surface area (Å²) in [5, 5.41) is 0. The first-order valence-corrected chi connectivity index (χ1v) is 6.15. The summed E-state index contributed by atoms with van der Waals surface area (Å²) in [7, 11) is 1.57. The molecule has 0 fully saturated rings. The molecule has 0 aliphatic heterocycles. The van der Waals surface area contributed by atoms with Crippen LogP contribution in [0.2, 0.25) is 0 Å². The Labute approximate surface area is 108 Å². The van der Waals surface area contributed by atoms with Gasteiger partial charge in [-0.1, -0.05) is 6.07 Å². The molecule has 0 radical (unpaired) electrons. The van der Waals surface area contributed by atoms with Gasteiger partial charge >= 0.3 is 0 Å². The number of aryl methyl sites for hydroxylation is 1. The number of ether oxygens (including phenoxy) is 2. The lowest BCUT2D eigenvalue weighted by Gasteiger charge is -2.20. The van der Waals surface area contributed by atoms with E-state index < -0.39 is 0 Å². The Kier molecular flexibility index (Phi) is 5.65. The van der Waals surface area contributed by atoms with Crippen molar-refractivity contribution in [1.29, 1.82) is 0 Å². The first-order chi connectivity index (χ1) is 8.63. The van der Waals surface area contributed by atoms with Crippen LogP contribution in [0, 0.1) is 6.92 Å². The van der Waals surface area contributed by atoms with E-state index in [2.05, 4.69) is 0 Å². The Balaban J connectivity index is 2.95. The molecule has 0 saturated heterocycles. The molecule has 18 heavy (non-hydrogen) atoms. The first kappa shape index (κ1) is 14.5. The zero-order valence-corrected chi connectivity index (χ0v) is 11.5. The molecule has 1 rings (SSSR count). The summed E-state index contributed by atoms with van der Waals surface area (Å²) in [5.74, 6) is 0.693. The van der Waals surface area contributed by atoms with Crippen molar-refractivity contribution in [3.63, 3.8) is 0 Å². The third-order valence-corrected chi connectivity index (χ3v) is 2.83. The highest BCUT2D eigenvalue weighted by atomic mass is 16.7. The highest BCUT2D eigenvalue weighted by Crippen LogP contribution is 2.19. The van der Waals surface area contributed by atoms with Crippen LogP contribution in [0.15, 0.2) is 18.2 Å². The maximum Gasteiger partial charge on any atom is 0.254 e. The number of rotatable bonds is 6. The molecule has 4 heteroatoms. The quantitative estimate of drug-likeness (QED) is 0.729.